The molecule has 1 aromatic heterocycles. The lowest BCUT2D eigenvalue weighted by atomic mass is 10.1. The van der Waals surface area contributed by atoms with Crippen LogP contribution in [0.4, 0.5) is 24.5 Å². The lowest BCUT2D eigenvalue weighted by Gasteiger charge is -2.31. The van der Waals surface area contributed by atoms with Crippen LogP contribution in [0.25, 0.3) is 5.70 Å². The van der Waals surface area contributed by atoms with E-state index in [1.165, 1.54) is 6.07 Å². The average Bonchev–Trinajstić information content (AvgIpc) is 3.38. The van der Waals surface area contributed by atoms with Crippen molar-refractivity contribution in [2.45, 2.75) is 33.0 Å². The fourth-order valence-electron chi connectivity index (χ4n) is 4.65. The van der Waals surface area contributed by atoms with E-state index >= 15 is 0 Å². The predicted molar refractivity (Wildman–Crippen MR) is 145 cm³/mol. The van der Waals surface area contributed by atoms with Crippen molar-refractivity contribution in [1.82, 2.24) is 25.2 Å². The molecule has 2 N–H and O–H groups in total. The number of nitrogens with one attached hydrogen (secondary N) is 2. The van der Waals surface area contributed by atoms with Gasteiger partial charge in [-0.15, -0.1) is 5.12 Å². The van der Waals surface area contributed by atoms with E-state index in [9.17, 15) is 18.0 Å². The Hall–Kier alpha value is -3.54. The van der Waals surface area contributed by atoms with Crippen molar-refractivity contribution in [3.8, 4) is 0 Å². The first kappa shape index (κ1) is 27.0. The van der Waals surface area contributed by atoms with E-state index in [-0.39, 0.29) is 10.7 Å². The number of aromatic nitrogens is 2. The summed E-state index contributed by atoms with van der Waals surface area (Å²) in [5.74, 6) is -0.524. The number of rotatable bonds is 6. The largest absolute Gasteiger partial charge is 0.417 e. The highest BCUT2D eigenvalue weighted by Gasteiger charge is 2.35. The van der Waals surface area contributed by atoms with Crippen LogP contribution in [0.5, 0.6) is 0 Å². The molecular formula is C27H29ClF3N7O. The number of hydrogen-bond acceptors (Lipinski definition) is 6. The molecule has 2 aliphatic rings. The van der Waals surface area contributed by atoms with E-state index in [1.807, 2.05) is 44.1 Å². The van der Waals surface area contributed by atoms with Crippen molar-refractivity contribution in [2.24, 2.45) is 7.05 Å². The molecule has 0 radical (unpaired) electrons. The van der Waals surface area contributed by atoms with Gasteiger partial charge in [0.15, 0.2) is 0 Å². The smallest absolute Gasteiger partial charge is 0.322 e. The molecule has 0 spiro atoms. The third-order valence-corrected chi connectivity index (χ3v) is 7.60. The number of likely N-dealkylation sites (tertiary alicyclic amines) is 1. The molecule has 39 heavy (non-hydrogen) atoms. The molecule has 2 aliphatic heterocycles. The van der Waals surface area contributed by atoms with E-state index in [0.717, 1.165) is 53.8 Å². The second-order valence-electron chi connectivity index (χ2n) is 9.87. The van der Waals surface area contributed by atoms with Crippen LogP contribution < -0.4 is 15.8 Å². The summed E-state index contributed by atoms with van der Waals surface area (Å²) in [5.41, 5.74) is 7.42. The molecule has 206 valence electrons. The van der Waals surface area contributed by atoms with Crippen molar-refractivity contribution in [3.05, 3.63) is 81.3 Å². The highest BCUT2D eigenvalue weighted by atomic mass is 35.5. The van der Waals surface area contributed by atoms with Crippen molar-refractivity contribution >= 4 is 34.6 Å². The molecule has 1 amide bonds. The number of amides is 1. The number of anilines is 2. The molecule has 1 saturated heterocycles. The quantitative estimate of drug-likeness (QED) is 0.425. The SMILES string of the molecule is Cc1ccc(C(=O)Nc2cc(CN3CCC3)c(Cl)c(C(F)(F)F)c2)cc1N1C=C(c2cnn(C)c2C)NN1C. The minimum absolute atomic E-state index is 0.0450. The zero-order valence-corrected chi connectivity index (χ0v) is 22.8. The number of carbonyl (C=O) groups is 1. The van der Waals surface area contributed by atoms with Gasteiger partial charge in [-0.25, -0.2) is 0 Å². The third kappa shape index (κ3) is 5.34. The summed E-state index contributed by atoms with van der Waals surface area (Å²) in [6.07, 6.45) is 0.0312. The molecular weight excluding hydrogens is 531 g/mol. The predicted octanol–water partition coefficient (Wildman–Crippen LogP) is 5.34. The maximum Gasteiger partial charge on any atom is 0.417 e. The zero-order chi connectivity index (χ0) is 28.1. The molecule has 0 aliphatic carbocycles. The molecule has 5 rings (SSSR count). The van der Waals surface area contributed by atoms with Gasteiger partial charge in [0.25, 0.3) is 5.91 Å². The van der Waals surface area contributed by atoms with Crippen molar-refractivity contribution in [3.63, 3.8) is 0 Å². The number of hydrogen-bond donors (Lipinski definition) is 2. The van der Waals surface area contributed by atoms with Gasteiger partial charge in [0.1, 0.15) is 0 Å². The highest BCUT2D eigenvalue weighted by Crippen LogP contribution is 2.39. The van der Waals surface area contributed by atoms with Gasteiger partial charge in [-0.3, -0.25) is 24.8 Å². The van der Waals surface area contributed by atoms with Crippen molar-refractivity contribution in [2.75, 3.05) is 30.5 Å². The Kier molecular flexibility index (Phi) is 7.08. The van der Waals surface area contributed by atoms with Crippen molar-refractivity contribution in [1.29, 1.82) is 0 Å². The number of aryl methyl sites for hydroxylation is 2. The molecule has 2 aromatic carbocycles. The number of alkyl halides is 3. The topological polar surface area (TPSA) is 68.7 Å². The van der Waals surface area contributed by atoms with Crippen LogP contribution in [0.3, 0.4) is 0 Å². The van der Waals surface area contributed by atoms with Gasteiger partial charge in [0.2, 0.25) is 0 Å². The maximum atomic E-state index is 13.8. The molecule has 0 atom stereocenters. The minimum Gasteiger partial charge on any atom is -0.322 e. The van der Waals surface area contributed by atoms with Crippen LogP contribution in [0, 0.1) is 13.8 Å². The summed E-state index contributed by atoms with van der Waals surface area (Å²) in [4.78, 5) is 15.3. The monoisotopic (exact) mass is 559 g/mol. The zero-order valence-electron chi connectivity index (χ0n) is 22.0. The summed E-state index contributed by atoms with van der Waals surface area (Å²) >= 11 is 6.15. The van der Waals surface area contributed by atoms with Gasteiger partial charge in [0, 0.05) is 49.3 Å². The Morgan fingerprint density at radius 1 is 1.15 bits per heavy atom. The van der Waals surface area contributed by atoms with Crippen molar-refractivity contribution < 1.29 is 18.0 Å². The lowest BCUT2D eigenvalue weighted by molar-refractivity contribution is -0.137. The standard InChI is InChI=1S/C27H29ClF3N7O/c1-16-6-7-18(11-24(16)38-15-23(34-36(38)4)21-13-32-35(3)17(21)2)26(39)33-20-10-19(14-37-8-5-9-37)25(28)22(12-20)27(29,30)31/h6-7,10-13,15,34H,5,8-9,14H2,1-4H3,(H,33,39). The van der Waals surface area contributed by atoms with Crippen LogP contribution in [0.15, 0.2) is 42.7 Å². The molecule has 3 heterocycles. The second kappa shape index (κ2) is 10.2. The van der Waals surface area contributed by atoms with E-state index in [1.54, 1.807) is 34.2 Å². The molecule has 3 aromatic rings. The number of nitrogens with zero attached hydrogens (tertiary/aromatic N) is 5. The first-order valence-corrected chi connectivity index (χ1v) is 12.8. The fraction of sp³-hybridized carbons (Fsp3) is 0.333. The highest BCUT2D eigenvalue weighted by molar-refractivity contribution is 6.32. The number of benzene rings is 2. The molecule has 1 fully saturated rings. The Balaban J connectivity index is 1.43. The van der Waals surface area contributed by atoms with Gasteiger partial charge in [0.05, 0.1) is 28.2 Å². The first-order valence-electron chi connectivity index (χ1n) is 12.5. The van der Waals surface area contributed by atoms with Crippen LogP contribution >= 0.6 is 11.6 Å². The van der Waals surface area contributed by atoms with Gasteiger partial charge in [-0.1, -0.05) is 17.7 Å². The Morgan fingerprint density at radius 2 is 1.90 bits per heavy atom. The van der Waals surface area contributed by atoms with Gasteiger partial charge in [-0.2, -0.15) is 18.3 Å². The van der Waals surface area contributed by atoms with Gasteiger partial charge >= 0.3 is 6.18 Å². The molecule has 0 saturated carbocycles. The fourth-order valence-corrected chi connectivity index (χ4v) is 4.93. The normalized spacial score (nSPS) is 16.2. The van der Waals surface area contributed by atoms with E-state index < -0.39 is 17.6 Å². The minimum atomic E-state index is -4.65. The van der Waals surface area contributed by atoms with E-state index in [4.69, 9.17) is 11.6 Å². The molecule has 0 bridgehead atoms. The van der Waals surface area contributed by atoms with Crippen LogP contribution in [0.1, 0.15) is 44.7 Å². The second-order valence-corrected chi connectivity index (χ2v) is 10.2. The summed E-state index contributed by atoms with van der Waals surface area (Å²) < 4.78 is 43.0. The molecule has 12 heteroatoms. The Bertz CT molecular complexity index is 1460. The number of halogens is 4. The number of hydrazine groups is 2. The maximum absolute atomic E-state index is 13.8. The average molecular weight is 560 g/mol. The van der Waals surface area contributed by atoms with Gasteiger partial charge < -0.3 is 5.32 Å². The number of carbonyl (C=O) groups excluding carboxylic acids is 1. The lowest BCUT2D eigenvalue weighted by Crippen LogP contribution is -2.39. The summed E-state index contributed by atoms with van der Waals surface area (Å²) in [7, 11) is 3.71. The molecule has 8 nitrogen and oxygen atoms in total. The first-order chi connectivity index (χ1) is 18.4. The van der Waals surface area contributed by atoms with E-state index in [2.05, 4.69) is 15.8 Å². The van der Waals surface area contributed by atoms with Crippen LogP contribution in [-0.2, 0) is 19.8 Å². The Morgan fingerprint density at radius 3 is 2.51 bits per heavy atom. The summed E-state index contributed by atoms with van der Waals surface area (Å²) in [5, 5.41) is 10.3. The van der Waals surface area contributed by atoms with Crippen LogP contribution in [-0.4, -0.2) is 45.8 Å². The summed E-state index contributed by atoms with van der Waals surface area (Å²) in [6.45, 7) is 5.79. The van der Waals surface area contributed by atoms with Gasteiger partial charge in [-0.05, 0) is 68.8 Å². The van der Waals surface area contributed by atoms with Crippen LogP contribution in [0.2, 0.25) is 5.02 Å². The van der Waals surface area contributed by atoms with E-state index in [0.29, 0.717) is 17.7 Å². The Labute approximate surface area is 229 Å². The summed E-state index contributed by atoms with van der Waals surface area (Å²) in [6, 6.07) is 7.57. The molecule has 0 unspecified atom stereocenters. The third-order valence-electron chi connectivity index (χ3n) is 7.15.